The zero-order chi connectivity index (χ0) is 14.1. The minimum Gasteiger partial charge on any atom is -0.334 e. The monoisotopic (exact) mass is 400 g/mol. The highest BCUT2D eigenvalue weighted by atomic mass is 79.9. The van der Waals surface area contributed by atoms with Crippen LogP contribution in [-0.4, -0.2) is 36.0 Å². The van der Waals surface area contributed by atoms with Gasteiger partial charge in [0.05, 0.1) is 5.56 Å². The van der Waals surface area contributed by atoms with Gasteiger partial charge in [0.15, 0.2) is 0 Å². The molecule has 0 bridgehead atoms. The Morgan fingerprint density at radius 3 is 2.75 bits per heavy atom. The van der Waals surface area contributed by atoms with E-state index in [1.807, 2.05) is 18.2 Å². The van der Waals surface area contributed by atoms with Crippen LogP contribution in [0.3, 0.4) is 0 Å². The van der Waals surface area contributed by atoms with Gasteiger partial charge in [-0.05, 0) is 66.4 Å². The third-order valence-electron chi connectivity index (χ3n) is 3.99. The van der Waals surface area contributed by atoms with E-state index in [2.05, 4.69) is 42.1 Å². The average Bonchev–Trinajstić information content (AvgIpc) is 3.15. The summed E-state index contributed by atoms with van der Waals surface area (Å²) < 4.78 is 1.81. The molecule has 1 aromatic rings. The molecule has 2 fully saturated rings. The first-order valence-electron chi connectivity index (χ1n) is 7.14. The van der Waals surface area contributed by atoms with Gasteiger partial charge in [0.2, 0.25) is 0 Å². The normalized spacial score (nSPS) is 22.0. The van der Waals surface area contributed by atoms with Crippen LogP contribution in [0.5, 0.6) is 0 Å². The van der Waals surface area contributed by atoms with Gasteiger partial charge in [-0.2, -0.15) is 0 Å². The minimum absolute atomic E-state index is 0.148. The first kappa shape index (κ1) is 14.5. The van der Waals surface area contributed by atoms with Gasteiger partial charge in [-0.25, -0.2) is 0 Å². The number of carbonyl (C=O) groups excluding carboxylic acids is 1. The van der Waals surface area contributed by atoms with Gasteiger partial charge in [-0.15, -0.1) is 0 Å². The summed E-state index contributed by atoms with van der Waals surface area (Å²) >= 11 is 6.95. The van der Waals surface area contributed by atoms with Gasteiger partial charge in [-0.3, -0.25) is 4.79 Å². The van der Waals surface area contributed by atoms with E-state index in [1.54, 1.807) is 0 Å². The molecule has 1 aromatic carbocycles. The Morgan fingerprint density at radius 1 is 1.30 bits per heavy atom. The molecule has 1 heterocycles. The lowest BCUT2D eigenvalue weighted by atomic mass is 10.1. The fourth-order valence-corrected chi connectivity index (χ4v) is 3.53. The number of nitrogens with one attached hydrogen (secondary N) is 1. The summed E-state index contributed by atoms with van der Waals surface area (Å²) in [5, 5.41) is 3.49. The summed E-state index contributed by atoms with van der Waals surface area (Å²) in [6, 6.07) is 6.68. The van der Waals surface area contributed by atoms with Crippen LogP contribution in [0.4, 0.5) is 0 Å². The lowest BCUT2D eigenvalue weighted by Crippen LogP contribution is -2.42. The zero-order valence-electron chi connectivity index (χ0n) is 11.2. The summed E-state index contributed by atoms with van der Waals surface area (Å²) in [5.41, 5.74) is 0.754. The fraction of sp³-hybridized carbons (Fsp3) is 0.533. The van der Waals surface area contributed by atoms with Crippen molar-refractivity contribution < 1.29 is 4.79 Å². The van der Waals surface area contributed by atoms with Crippen molar-refractivity contribution in [3.05, 3.63) is 32.7 Å². The Balaban J connectivity index is 1.79. The highest BCUT2D eigenvalue weighted by Gasteiger charge is 2.35. The molecule has 1 saturated heterocycles. The maximum atomic E-state index is 12.8. The molecule has 20 heavy (non-hydrogen) atoms. The Labute approximate surface area is 136 Å². The van der Waals surface area contributed by atoms with E-state index in [9.17, 15) is 4.79 Å². The first-order chi connectivity index (χ1) is 9.65. The largest absolute Gasteiger partial charge is 0.334 e. The van der Waals surface area contributed by atoms with Crippen LogP contribution < -0.4 is 5.32 Å². The van der Waals surface area contributed by atoms with E-state index in [1.165, 1.54) is 12.8 Å². The number of rotatable bonds is 4. The van der Waals surface area contributed by atoms with Crippen LogP contribution in [0.2, 0.25) is 0 Å². The van der Waals surface area contributed by atoms with Crippen LogP contribution in [0.15, 0.2) is 27.1 Å². The predicted octanol–water partition coefficient (Wildman–Crippen LogP) is 3.57. The molecule has 1 aliphatic heterocycles. The lowest BCUT2D eigenvalue weighted by molar-refractivity contribution is 0.0727. The molecule has 108 valence electrons. The Bertz CT molecular complexity index is 511. The van der Waals surface area contributed by atoms with E-state index >= 15 is 0 Å². The van der Waals surface area contributed by atoms with Gasteiger partial charge in [0.25, 0.3) is 5.91 Å². The summed E-state index contributed by atoms with van der Waals surface area (Å²) in [5.74, 6) is 0.148. The van der Waals surface area contributed by atoms with Crippen LogP contribution >= 0.6 is 31.9 Å². The second kappa shape index (κ2) is 6.16. The SMILES string of the molecule is O=C(c1cc(Br)ccc1Br)N(CC1CCCN1)C1CC1. The highest BCUT2D eigenvalue weighted by Crippen LogP contribution is 2.31. The molecule has 3 rings (SSSR count). The molecule has 0 spiro atoms. The molecule has 1 aliphatic carbocycles. The molecule has 1 atom stereocenters. The van der Waals surface area contributed by atoms with Gasteiger partial charge in [0, 0.05) is 27.6 Å². The number of benzene rings is 1. The molecule has 3 nitrogen and oxygen atoms in total. The quantitative estimate of drug-likeness (QED) is 0.836. The van der Waals surface area contributed by atoms with Crippen LogP contribution in [0.25, 0.3) is 0 Å². The Hall–Kier alpha value is -0.390. The molecule has 1 unspecified atom stereocenters. The van der Waals surface area contributed by atoms with Crippen molar-refractivity contribution in [3.63, 3.8) is 0 Å². The first-order valence-corrected chi connectivity index (χ1v) is 8.73. The molecule has 5 heteroatoms. The Morgan fingerprint density at radius 2 is 2.10 bits per heavy atom. The van der Waals surface area contributed by atoms with Gasteiger partial charge >= 0.3 is 0 Å². The molecule has 1 saturated carbocycles. The van der Waals surface area contributed by atoms with Gasteiger partial charge < -0.3 is 10.2 Å². The van der Waals surface area contributed by atoms with E-state index in [-0.39, 0.29) is 5.91 Å². The van der Waals surface area contributed by atoms with Crippen molar-refractivity contribution in [2.45, 2.75) is 37.8 Å². The van der Waals surface area contributed by atoms with Crippen LogP contribution in [-0.2, 0) is 0 Å². The number of nitrogens with zero attached hydrogens (tertiary/aromatic N) is 1. The molecular weight excluding hydrogens is 384 g/mol. The van der Waals surface area contributed by atoms with Crippen molar-refractivity contribution in [1.82, 2.24) is 10.2 Å². The number of halogens is 2. The van der Waals surface area contributed by atoms with Gasteiger partial charge in [-0.1, -0.05) is 15.9 Å². The molecule has 1 N–H and O–H groups in total. The summed E-state index contributed by atoms with van der Waals surface area (Å²) in [6.45, 7) is 1.92. The number of amides is 1. The van der Waals surface area contributed by atoms with Crippen LogP contribution in [0.1, 0.15) is 36.0 Å². The van der Waals surface area contributed by atoms with Crippen molar-refractivity contribution in [2.75, 3.05) is 13.1 Å². The van der Waals surface area contributed by atoms with Gasteiger partial charge in [0.1, 0.15) is 0 Å². The topological polar surface area (TPSA) is 32.3 Å². The molecule has 0 radical (unpaired) electrons. The molecular formula is C15H18Br2N2O. The van der Waals surface area contributed by atoms with E-state index in [4.69, 9.17) is 0 Å². The average molecular weight is 402 g/mol. The van der Waals surface area contributed by atoms with Crippen molar-refractivity contribution in [3.8, 4) is 0 Å². The zero-order valence-corrected chi connectivity index (χ0v) is 14.4. The molecule has 1 amide bonds. The lowest BCUT2D eigenvalue weighted by Gasteiger charge is -2.26. The number of hydrogen-bond acceptors (Lipinski definition) is 2. The standard InChI is InChI=1S/C15H18Br2N2O/c16-10-3-6-14(17)13(8-10)15(20)19(12-4-5-12)9-11-2-1-7-18-11/h3,6,8,11-12,18H,1-2,4-5,7,9H2. The van der Waals surface area contributed by atoms with E-state index in [0.29, 0.717) is 12.1 Å². The highest BCUT2D eigenvalue weighted by molar-refractivity contribution is 9.11. The number of hydrogen-bond donors (Lipinski definition) is 1. The second-order valence-corrected chi connectivity index (χ2v) is 7.38. The maximum Gasteiger partial charge on any atom is 0.255 e. The van der Waals surface area contributed by atoms with E-state index in [0.717, 1.165) is 40.4 Å². The fourth-order valence-electron chi connectivity index (χ4n) is 2.75. The minimum atomic E-state index is 0.148. The smallest absolute Gasteiger partial charge is 0.255 e. The second-order valence-electron chi connectivity index (χ2n) is 5.61. The van der Waals surface area contributed by atoms with Crippen LogP contribution in [0, 0.1) is 0 Å². The molecule has 0 aromatic heterocycles. The van der Waals surface area contributed by atoms with E-state index < -0.39 is 0 Å². The summed E-state index contributed by atoms with van der Waals surface area (Å²) in [7, 11) is 0. The maximum absolute atomic E-state index is 12.8. The predicted molar refractivity (Wildman–Crippen MR) is 86.9 cm³/mol. The third kappa shape index (κ3) is 3.26. The molecule has 2 aliphatic rings. The van der Waals surface area contributed by atoms with Crippen molar-refractivity contribution in [1.29, 1.82) is 0 Å². The Kier molecular flexibility index (Phi) is 4.48. The van der Waals surface area contributed by atoms with Crippen molar-refractivity contribution in [2.24, 2.45) is 0 Å². The van der Waals surface area contributed by atoms with Crippen molar-refractivity contribution >= 4 is 37.8 Å². The third-order valence-corrected chi connectivity index (χ3v) is 5.17. The summed E-state index contributed by atoms with van der Waals surface area (Å²) in [4.78, 5) is 14.9. The number of carbonyl (C=O) groups is 1. The summed E-state index contributed by atoms with van der Waals surface area (Å²) in [6.07, 6.45) is 4.68.